The van der Waals surface area contributed by atoms with Gasteiger partial charge in [0.15, 0.2) is 0 Å². The van der Waals surface area contributed by atoms with Gasteiger partial charge in [0.2, 0.25) is 0 Å². The Morgan fingerprint density at radius 3 is 2.31 bits per heavy atom. The van der Waals surface area contributed by atoms with E-state index in [0.717, 1.165) is 37.2 Å². The third kappa shape index (κ3) is 3.07. The lowest BCUT2D eigenvalue weighted by Crippen LogP contribution is -2.50. The molecule has 2 amide bonds. The lowest BCUT2D eigenvalue weighted by atomic mass is 10.1. The first-order valence-corrected chi connectivity index (χ1v) is 9.05. The minimum absolute atomic E-state index is 0.0235. The molecule has 0 atom stereocenters. The molecule has 2 aromatic heterocycles. The fraction of sp³-hybridized carbons (Fsp3) is 0.500. The summed E-state index contributed by atoms with van der Waals surface area (Å²) in [6.07, 6.45) is 7.93. The maximum Gasteiger partial charge on any atom is 0.274 e. The van der Waals surface area contributed by atoms with Gasteiger partial charge in [0.05, 0.1) is 29.3 Å². The van der Waals surface area contributed by atoms with Crippen molar-refractivity contribution in [3.63, 3.8) is 0 Å². The van der Waals surface area contributed by atoms with Gasteiger partial charge >= 0.3 is 0 Å². The van der Waals surface area contributed by atoms with Crippen LogP contribution < -0.4 is 0 Å². The quantitative estimate of drug-likeness (QED) is 0.801. The average Bonchev–Trinajstić information content (AvgIpc) is 3.12. The molecule has 2 aliphatic heterocycles. The number of piperazine rings is 1. The first-order chi connectivity index (χ1) is 12.6. The Morgan fingerprint density at radius 1 is 0.885 bits per heavy atom. The van der Waals surface area contributed by atoms with Crippen molar-refractivity contribution in [1.29, 1.82) is 0 Å². The highest BCUT2D eigenvalue weighted by Gasteiger charge is 2.29. The summed E-state index contributed by atoms with van der Waals surface area (Å²) in [5.41, 5.74) is 2.89. The van der Waals surface area contributed by atoms with Crippen LogP contribution >= 0.6 is 0 Å². The summed E-state index contributed by atoms with van der Waals surface area (Å²) in [5.74, 6) is -0.108. The second-order valence-corrected chi connectivity index (χ2v) is 6.81. The number of aromatic nitrogens is 4. The number of hydrogen-bond donors (Lipinski definition) is 0. The molecule has 1 saturated heterocycles. The number of aryl methyl sites for hydroxylation is 2. The van der Waals surface area contributed by atoms with Crippen LogP contribution in [-0.2, 0) is 13.0 Å². The number of nitrogens with zero attached hydrogens (tertiary/aromatic N) is 6. The third-order valence-corrected chi connectivity index (χ3v) is 5.07. The molecule has 0 radical (unpaired) electrons. The number of carbonyl (C=O) groups excluding carboxylic acids is 2. The van der Waals surface area contributed by atoms with E-state index in [1.807, 2.05) is 16.5 Å². The molecule has 0 unspecified atom stereocenters. The molecule has 2 aliphatic rings. The van der Waals surface area contributed by atoms with Crippen molar-refractivity contribution < 1.29 is 9.59 Å². The van der Waals surface area contributed by atoms with E-state index in [4.69, 9.17) is 0 Å². The summed E-state index contributed by atoms with van der Waals surface area (Å²) in [5, 5.41) is 4.35. The molecular formula is C18H22N6O2. The SMILES string of the molecule is Cc1cnc(C(=O)N2CCN(C(=O)c3cnn4c3CCCC4)CC2)cn1. The topological polar surface area (TPSA) is 84.2 Å². The van der Waals surface area contributed by atoms with Crippen molar-refractivity contribution in [2.45, 2.75) is 32.7 Å². The van der Waals surface area contributed by atoms with Gasteiger partial charge in [0.25, 0.3) is 11.8 Å². The van der Waals surface area contributed by atoms with Crippen molar-refractivity contribution in [3.05, 3.63) is 41.2 Å². The molecule has 2 aromatic rings. The summed E-state index contributed by atoms with van der Waals surface area (Å²) in [6, 6.07) is 0. The summed E-state index contributed by atoms with van der Waals surface area (Å²) in [7, 11) is 0. The van der Waals surface area contributed by atoms with Crippen LogP contribution in [0.25, 0.3) is 0 Å². The third-order valence-electron chi connectivity index (χ3n) is 5.07. The number of fused-ring (bicyclic) bond motifs is 1. The molecule has 0 aliphatic carbocycles. The largest absolute Gasteiger partial charge is 0.335 e. The van der Waals surface area contributed by atoms with Gasteiger partial charge < -0.3 is 9.80 Å². The van der Waals surface area contributed by atoms with E-state index in [1.54, 1.807) is 17.3 Å². The van der Waals surface area contributed by atoms with Crippen LogP contribution in [0.4, 0.5) is 0 Å². The molecule has 0 saturated carbocycles. The van der Waals surface area contributed by atoms with Gasteiger partial charge in [-0.2, -0.15) is 5.10 Å². The molecule has 8 nitrogen and oxygen atoms in total. The molecule has 26 heavy (non-hydrogen) atoms. The van der Waals surface area contributed by atoms with E-state index in [0.29, 0.717) is 37.4 Å². The van der Waals surface area contributed by atoms with E-state index < -0.39 is 0 Å². The molecule has 0 spiro atoms. The van der Waals surface area contributed by atoms with E-state index in [2.05, 4.69) is 15.1 Å². The average molecular weight is 354 g/mol. The zero-order chi connectivity index (χ0) is 18.1. The molecule has 1 fully saturated rings. The maximum atomic E-state index is 12.9. The van der Waals surface area contributed by atoms with Gasteiger partial charge in [0, 0.05) is 38.9 Å². The van der Waals surface area contributed by atoms with Gasteiger partial charge in [-0.25, -0.2) is 4.98 Å². The number of rotatable bonds is 2. The van der Waals surface area contributed by atoms with E-state index in [9.17, 15) is 9.59 Å². The van der Waals surface area contributed by atoms with Crippen LogP contribution in [0.3, 0.4) is 0 Å². The standard InChI is InChI=1S/C18H22N6O2/c1-13-10-20-15(12-19-13)18(26)23-8-6-22(7-9-23)17(25)14-11-21-24-5-3-2-4-16(14)24/h10-12H,2-9H2,1H3. The van der Waals surface area contributed by atoms with Crippen LogP contribution in [-0.4, -0.2) is 67.5 Å². The van der Waals surface area contributed by atoms with Crippen LogP contribution in [0.2, 0.25) is 0 Å². The lowest BCUT2D eigenvalue weighted by Gasteiger charge is -2.34. The zero-order valence-electron chi connectivity index (χ0n) is 14.9. The molecular weight excluding hydrogens is 332 g/mol. The summed E-state index contributed by atoms with van der Waals surface area (Å²) in [4.78, 5) is 37.2. The van der Waals surface area contributed by atoms with Gasteiger partial charge in [-0.05, 0) is 26.2 Å². The predicted octanol–water partition coefficient (Wildman–Crippen LogP) is 0.916. The normalized spacial score (nSPS) is 17.1. The van der Waals surface area contributed by atoms with Crippen LogP contribution in [0, 0.1) is 6.92 Å². The molecule has 0 bridgehead atoms. The first-order valence-electron chi connectivity index (χ1n) is 9.05. The van der Waals surface area contributed by atoms with Crippen molar-refractivity contribution in [3.8, 4) is 0 Å². The Bertz CT molecular complexity index is 821. The maximum absolute atomic E-state index is 12.9. The number of carbonyl (C=O) groups is 2. The Hall–Kier alpha value is -2.77. The zero-order valence-corrected chi connectivity index (χ0v) is 14.9. The molecule has 0 N–H and O–H groups in total. The van der Waals surface area contributed by atoms with E-state index in [1.165, 1.54) is 6.20 Å². The minimum atomic E-state index is -0.132. The van der Waals surface area contributed by atoms with Gasteiger partial charge in [-0.15, -0.1) is 0 Å². The van der Waals surface area contributed by atoms with Gasteiger partial charge in [-0.1, -0.05) is 0 Å². The lowest BCUT2D eigenvalue weighted by molar-refractivity contribution is 0.0531. The molecule has 8 heteroatoms. The molecule has 0 aromatic carbocycles. The van der Waals surface area contributed by atoms with Crippen molar-refractivity contribution in [2.24, 2.45) is 0 Å². The second-order valence-electron chi connectivity index (χ2n) is 6.81. The minimum Gasteiger partial charge on any atom is -0.335 e. The Labute approximate surface area is 151 Å². The molecule has 4 rings (SSSR count). The highest BCUT2D eigenvalue weighted by molar-refractivity contribution is 5.96. The Morgan fingerprint density at radius 2 is 1.62 bits per heavy atom. The summed E-state index contributed by atoms with van der Waals surface area (Å²) in [6.45, 7) is 4.78. The highest BCUT2D eigenvalue weighted by atomic mass is 16.2. The fourth-order valence-corrected chi connectivity index (χ4v) is 3.55. The van der Waals surface area contributed by atoms with Crippen molar-refractivity contribution >= 4 is 11.8 Å². The van der Waals surface area contributed by atoms with Crippen molar-refractivity contribution in [2.75, 3.05) is 26.2 Å². The number of amides is 2. The Balaban J connectivity index is 1.40. The molecule has 136 valence electrons. The summed E-state index contributed by atoms with van der Waals surface area (Å²) >= 11 is 0. The van der Waals surface area contributed by atoms with Gasteiger partial charge in [-0.3, -0.25) is 19.3 Å². The van der Waals surface area contributed by atoms with E-state index in [-0.39, 0.29) is 11.8 Å². The molecule has 4 heterocycles. The van der Waals surface area contributed by atoms with Crippen LogP contribution in [0.5, 0.6) is 0 Å². The van der Waals surface area contributed by atoms with Gasteiger partial charge in [0.1, 0.15) is 5.69 Å². The van der Waals surface area contributed by atoms with Crippen LogP contribution in [0.1, 0.15) is 45.1 Å². The highest BCUT2D eigenvalue weighted by Crippen LogP contribution is 2.20. The smallest absolute Gasteiger partial charge is 0.274 e. The first kappa shape index (κ1) is 16.7. The van der Waals surface area contributed by atoms with E-state index >= 15 is 0 Å². The Kier molecular flexibility index (Phi) is 4.40. The predicted molar refractivity (Wildman–Crippen MR) is 93.7 cm³/mol. The fourth-order valence-electron chi connectivity index (χ4n) is 3.55. The monoisotopic (exact) mass is 354 g/mol. The number of hydrogen-bond acceptors (Lipinski definition) is 5. The second kappa shape index (κ2) is 6.86. The summed E-state index contributed by atoms with van der Waals surface area (Å²) < 4.78 is 1.95. The van der Waals surface area contributed by atoms with Crippen LogP contribution in [0.15, 0.2) is 18.6 Å². The van der Waals surface area contributed by atoms with Crippen molar-refractivity contribution in [1.82, 2.24) is 29.5 Å².